The van der Waals surface area contributed by atoms with E-state index in [0.29, 0.717) is 5.56 Å². The Kier molecular flexibility index (Phi) is 4.44. The molecule has 3 N–H and O–H groups in total. The van der Waals surface area contributed by atoms with E-state index in [1.165, 1.54) is 11.8 Å². The van der Waals surface area contributed by atoms with Crippen LogP contribution in [0.5, 0.6) is 0 Å². The van der Waals surface area contributed by atoms with E-state index >= 15 is 0 Å². The van der Waals surface area contributed by atoms with Crippen LogP contribution >= 0.6 is 27.7 Å². The molecule has 0 unspecified atom stereocenters. The predicted molar refractivity (Wildman–Crippen MR) is 79.7 cm³/mol. The fraction of sp³-hybridized carbons (Fsp3) is 0.0769. The number of amidine groups is 1. The normalized spacial score (nSPS) is 11.6. The second-order valence-corrected chi connectivity index (χ2v) is 5.89. The average Bonchev–Trinajstić information content (AvgIpc) is 2.37. The standard InChI is InChI=1S/C13H12BrN3OS/c1-8-5-9(13(15)17-18)6-12(16-8)19-11-4-2-3-10(14)7-11/h2-7,18H,1H3,(H2,15,17). The van der Waals surface area contributed by atoms with Crippen molar-refractivity contribution < 1.29 is 5.21 Å². The number of pyridine rings is 1. The lowest BCUT2D eigenvalue weighted by atomic mass is 10.2. The molecule has 1 aromatic carbocycles. The smallest absolute Gasteiger partial charge is 0.170 e. The maximum absolute atomic E-state index is 8.73. The molecule has 2 rings (SSSR count). The Morgan fingerprint density at radius 3 is 2.84 bits per heavy atom. The van der Waals surface area contributed by atoms with Gasteiger partial charge in [-0.15, -0.1) is 0 Å². The van der Waals surface area contributed by atoms with E-state index in [0.717, 1.165) is 20.1 Å². The molecule has 98 valence electrons. The van der Waals surface area contributed by atoms with Crippen LogP contribution in [0.4, 0.5) is 0 Å². The summed E-state index contributed by atoms with van der Waals surface area (Å²) < 4.78 is 1.02. The lowest BCUT2D eigenvalue weighted by Crippen LogP contribution is -2.13. The molecule has 0 atom stereocenters. The zero-order valence-electron chi connectivity index (χ0n) is 10.2. The van der Waals surface area contributed by atoms with Gasteiger partial charge >= 0.3 is 0 Å². The lowest BCUT2D eigenvalue weighted by Gasteiger charge is -2.06. The van der Waals surface area contributed by atoms with Gasteiger partial charge < -0.3 is 10.9 Å². The van der Waals surface area contributed by atoms with Crippen molar-refractivity contribution in [1.82, 2.24) is 4.98 Å². The number of aromatic nitrogens is 1. The fourth-order valence-electron chi connectivity index (χ4n) is 1.55. The summed E-state index contributed by atoms with van der Waals surface area (Å²) in [5.41, 5.74) is 7.09. The van der Waals surface area contributed by atoms with E-state index in [1.807, 2.05) is 31.2 Å². The molecular weight excluding hydrogens is 326 g/mol. The largest absolute Gasteiger partial charge is 0.409 e. The highest BCUT2D eigenvalue weighted by atomic mass is 79.9. The van der Waals surface area contributed by atoms with Crippen LogP contribution in [0.3, 0.4) is 0 Å². The van der Waals surface area contributed by atoms with Gasteiger partial charge in [-0.25, -0.2) is 4.98 Å². The number of halogens is 1. The van der Waals surface area contributed by atoms with Gasteiger partial charge in [0.25, 0.3) is 0 Å². The first kappa shape index (κ1) is 13.9. The number of aryl methyl sites for hydroxylation is 1. The number of oxime groups is 1. The van der Waals surface area contributed by atoms with Crippen LogP contribution in [-0.2, 0) is 0 Å². The molecule has 19 heavy (non-hydrogen) atoms. The number of hydrogen-bond donors (Lipinski definition) is 2. The fourth-order valence-corrected chi connectivity index (χ4v) is 3.05. The number of benzene rings is 1. The summed E-state index contributed by atoms with van der Waals surface area (Å²) in [5, 5.41) is 12.5. The minimum atomic E-state index is 0.0848. The molecule has 0 saturated heterocycles. The van der Waals surface area contributed by atoms with Crippen molar-refractivity contribution in [2.75, 3.05) is 0 Å². The van der Waals surface area contributed by atoms with Crippen LogP contribution in [0.1, 0.15) is 11.3 Å². The zero-order chi connectivity index (χ0) is 13.8. The summed E-state index contributed by atoms with van der Waals surface area (Å²) in [6.07, 6.45) is 0. The summed E-state index contributed by atoms with van der Waals surface area (Å²) in [7, 11) is 0. The zero-order valence-corrected chi connectivity index (χ0v) is 12.6. The number of nitrogens with two attached hydrogens (primary N) is 1. The van der Waals surface area contributed by atoms with Crippen molar-refractivity contribution in [2.45, 2.75) is 16.8 Å². The Bertz CT molecular complexity index is 631. The minimum absolute atomic E-state index is 0.0848. The van der Waals surface area contributed by atoms with Crippen molar-refractivity contribution in [3.63, 3.8) is 0 Å². The van der Waals surface area contributed by atoms with E-state index in [1.54, 1.807) is 12.1 Å². The van der Waals surface area contributed by atoms with Gasteiger partial charge in [-0.1, -0.05) is 38.9 Å². The lowest BCUT2D eigenvalue weighted by molar-refractivity contribution is 0.318. The van der Waals surface area contributed by atoms with Crippen LogP contribution in [-0.4, -0.2) is 16.0 Å². The molecule has 2 aromatic rings. The predicted octanol–water partition coefficient (Wildman–Crippen LogP) is 3.40. The van der Waals surface area contributed by atoms with Gasteiger partial charge in [-0.3, -0.25) is 0 Å². The molecule has 0 aliphatic carbocycles. The molecule has 0 fully saturated rings. The summed E-state index contributed by atoms with van der Waals surface area (Å²) in [6.45, 7) is 1.87. The molecule has 1 aromatic heterocycles. The molecular formula is C13H12BrN3OS. The third-order valence-electron chi connectivity index (χ3n) is 2.35. The SMILES string of the molecule is Cc1cc(/C(N)=N/O)cc(Sc2cccc(Br)c2)n1. The van der Waals surface area contributed by atoms with Crippen LogP contribution < -0.4 is 5.73 Å². The maximum Gasteiger partial charge on any atom is 0.170 e. The Morgan fingerprint density at radius 2 is 2.16 bits per heavy atom. The van der Waals surface area contributed by atoms with Crippen molar-refractivity contribution in [1.29, 1.82) is 0 Å². The third kappa shape index (κ3) is 3.71. The number of nitrogens with zero attached hydrogens (tertiary/aromatic N) is 2. The Labute approximate surface area is 123 Å². The van der Waals surface area contributed by atoms with E-state index < -0.39 is 0 Å². The monoisotopic (exact) mass is 337 g/mol. The molecule has 0 aliphatic rings. The van der Waals surface area contributed by atoms with E-state index in [-0.39, 0.29) is 5.84 Å². The Balaban J connectivity index is 2.33. The van der Waals surface area contributed by atoms with Gasteiger partial charge in [0.05, 0.1) is 0 Å². The first-order valence-electron chi connectivity index (χ1n) is 5.48. The molecule has 0 saturated carbocycles. The number of hydrogen-bond acceptors (Lipinski definition) is 4. The molecule has 6 heteroatoms. The minimum Gasteiger partial charge on any atom is -0.409 e. The van der Waals surface area contributed by atoms with E-state index in [2.05, 4.69) is 26.1 Å². The molecule has 0 bridgehead atoms. The Morgan fingerprint density at radius 1 is 1.37 bits per heavy atom. The molecule has 0 aliphatic heterocycles. The summed E-state index contributed by atoms with van der Waals surface area (Å²) in [5.74, 6) is 0.0848. The maximum atomic E-state index is 8.73. The van der Waals surface area contributed by atoms with E-state index in [9.17, 15) is 0 Å². The van der Waals surface area contributed by atoms with Crippen LogP contribution in [0, 0.1) is 6.92 Å². The topological polar surface area (TPSA) is 71.5 Å². The second-order valence-electron chi connectivity index (χ2n) is 3.88. The molecule has 0 amide bonds. The van der Waals surface area contributed by atoms with Crippen molar-refractivity contribution in [3.8, 4) is 0 Å². The Hall–Kier alpha value is -1.53. The highest BCUT2D eigenvalue weighted by Crippen LogP contribution is 2.28. The van der Waals surface area contributed by atoms with Crippen molar-refractivity contribution in [3.05, 3.63) is 52.1 Å². The van der Waals surface area contributed by atoms with Gasteiger partial charge in [-0.05, 0) is 37.3 Å². The van der Waals surface area contributed by atoms with Crippen molar-refractivity contribution >= 4 is 33.5 Å². The first-order chi connectivity index (χ1) is 9.08. The summed E-state index contributed by atoms with van der Waals surface area (Å²) >= 11 is 4.96. The highest BCUT2D eigenvalue weighted by Gasteiger charge is 2.06. The van der Waals surface area contributed by atoms with Gasteiger partial charge in [0.1, 0.15) is 5.03 Å². The second kappa shape index (κ2) is 6.08. The third-order valence-corrected chi connectivity index (χ3v) is 3.75. The highest BCUT2D eigenvalue weighted by molar-refractivity contribution is 9.10. The van der Waals surface area contributed by atoms with Gasteiger partial charge in [0.15, 0.2) is 5.84 Å². The molecule has 0 spiro atoms. The van der Waals surface area contributed by atoms with Crippen LogP contribution in [0.2, 0.25) is 0 Å². The van der Waals surface area contributed by atoms with Crippen molar-refractivity contribution in [2.24, 2.45) is 10.9 Å². The molecule has 0 radical (unpaired) electrons. The molecule has 4 nitrogen and oxygen atoms in total. The van der Waals surface area contributed by atoms with Gasteiger partial charge in [-0.2, -0.15) is 0 Å². The van der Waals surface area contributed by atoms with Gasteiger partial charge in [0, 0.05) is 20.6 Å². The van der Waals surface area contributed by atoms with Crippen LogP contribution in [0.25, 0.3) is 0 Å². The first-order valence-corrected chi connectivity index (χ1v) is 7.09. The van der Waals surface area contributed by atoms with E-state index in [4.69, 9.17) is 10.9 Å². The summed E-state index contributed by atoms with van der Waals surface area (Å²) in [4.78, 5) is 5.50. The van der Waals surface area contributed by atoms with Gasteiger partial charge in [0.2, 0.25) is 0 Å². The summed E-state index contributed by atoms with van der Waals surface area (Å²) in [6, 6.07) is 11.5. The average molecular weight is 338 g/mol. The van der Waals surface area contributed by atoms with Crippen LogP contribution in [0.15, 0.2) is 55.9 Å². The number of rotatable bonds is 3. The molecule has 1 heterocycles. The quantitative estimate of drug-likeness (QED) is 0.389.